The quantitative estimate of drug-likeness (QED) is 0.414. The molecule has 0 amide bonds. The van der Waals surface area contributed by atoms with Crippen molar-refractivity contribution in [3.05, 3.63) is 29.6 Å². The fourth-order valence-corrected chi connectivity index (χ4v) is 3.24. The Bertz CT molecular complexity index is 457. The van der Waals surface area contributed by atoms with Crippen LogP contribution in [-0.2, 0) is 9.84 Å². The molecule has 0 fully saturated rings. The minimum atomic E-state index is -3.43. The molecule has 0 unspecified atom stereocenters. The number of aromatic nitrogens is 1. The smallest absolute Gasteiger partial charge is 0.308 e. The number of unbranched alkanes of at least 4 members (excludes halogenated alkanes) is 5. The highest BCUT2D eigenvalue weighted by molar-refractivity contribution is 7.91. The Kier molecular flexibility index (Phi) is 6.12. The first kappa shape index (κ1) is 15.0. The number of pyridine rings is 1. The summed E-state index contributed by atoms with van der Waals surface area (Å²) in [5.74, 6) is 0.0609. The highest BCUT2D eigenvalue weighted by Crippen LogP contribution is 2.10. The number of nitrogens with zero attached hydrogens (tertiary/aromatic N) is 1. The molecule has 4 nitrogen and oxygen atoms in total. The van der Waals surface area contributed by atoms with Crippen molar-refractivity contribution in [2.75, 3.05) is 5.75 Å². The molecule has 5 heteroatoms. The second kappa shape index (κ2) is 7.36. The monoisotopic (exact) mass is 271 g/mol. The summed E-state index contributed by atoms with van der Waals surface area (Å²) < 4.78 is 24.3. The number of sulfone groups is 1. The Morgan fingerprint density at radius 2 is 1.78 bits per heavy atom. The normalized spacial score (nSPS) is 11.6. The van der Waals surface area contributed by atoms with Crippen molar-refractivity contribution in [1.82, 2.24) is 0 Å². The predicted octanol–water partition coefficient (Wildman–Crippen LogP) is 2.45. The Balaban J connectivity index is 2.44. The van der Waals surface area contributed by atoms with Gasteiger partial charge in [0.15, 0.2) is 6.20 Å². The minimum absolute atomic E-state index is 0.0609. The summed E-state index contributed by atoms with van der Waals surface area (Å²) >= 11 is 0. The minimum Gasteiger partial charge on any atom is -0.618 e. The molecule has 0 N–H and O–H groups in total. The van der Waals surface area contributed by atoms with Crippen LogP contribution in [0, 0.1) is 5.21 Å². The summed E-state index contributed by atoms with van der Waals surface area (Å²) in [6.07, 6.45) is 7.35. The van der Waals surface area contributed by atoms with Gasteiger partial charge in [0.05, 0.1) is 5.75 Å². The zero-order chi connectivity index (χ0) is 13.4. The Hall–Kier alpha value is -1.10. The maximum Gasteiger partial charge on any atom is 0.308 e. The fraction of sp³-hybridized carbons (Fsp3) is 0.615. The molecule has 0 aliphatic heterocycles. The van der Waals surface area contributed by atoms with Crippen LogP contribution in [0.4, 0.5) is 0 Å². The van der Waals surface area contributed by atoms with Gasteiger partial charge < -0.3 is 5.21 Å². The lowest BCUT2D eigenvalue weighted by Crippen LogP contribution is -2.34. The van der Waals surface area contributed by atoms with E-state index in [1.54, 1.807) is 6.07 Å². The molecule has 0 aromatic carbocycles. The molecule has 0 aliphatic rings. The van der Waals surface area contributed by atoms with Crippen LogP contribution < -0.4 is 4.73 Å². The first-order valence-corrected chi connectivity index (χ1v) is 8.14. The van der Waals surface area contributed by atoms with E-state index in [1.807, 2.05) is 0 Å². The molecule has 1 rings (SSSR count). The van der Waals surface area contributed by atoms with Gasteiger partial charge in [0.25, 0.3) is 0 Å². The van der Waals surface area contributed by atoms with Crippen molar-refractivity contribution in [1.29, 1.82) is 0 Å². The maximum atomic E-state index is 11.9. The van der Waals surface area contributed by atoms with Gasteiger partial charge >= 0.3 is 5.03 Å². The summed E-state index contributed by atoms with van der Waals surface area (Å²) in [5.41, 5.74) is 0. The highest BCUT2D eigenvalue weighted by Gasteiger charge is 2.22. The van der Waals surface area contributed by atoms with Gasteiger partial charge in [-0.1, -0.05) is 39.0 Å². The standard InChI is InChI=1S/C13H21NO3S/c1-2-3-4-5-6-9-12-18(16,17)13-10-7-8-11-14(13)15/h7-8,10-11H,2-6,9,12H2,1H3. The third kappa shape index (κ3) is 4.64. The lowest BCUT2D eigenvalue weighted by atomic mass is 10.1. The lowest BCUT2D eigenvalue weighted by Gasteiger charge is -2.05. The summed E-state index contributed by atoms with van der Waals surface area (Å²) in [5, 5.41) is 11.2. The average molecular weight is 271 g/mol. The van der Waals surface area contributed by atoms with Crippen molar-refractivity contribution < 1.29 is 13.1 Å². The van der Waals surface area contributed by atoms with Crippen LogP contribution in [0.3, 0.4) is 0 Å². The van der Waals surface area contributed by atoms with Gasteiger partial charge in [-0.2, -0.15) is 4.73 Å². The third-order valence-corrected chi connectivity index (χ3v) is 4.65. The highest BCUT2D eigenvalue weighted by atomic mass is 32.2. The van der Waals surface area contributed by atoms with E-state index in [4.69, 9.17) is 0 Å². The molecule has 1 aromatic heterocycles. The lowest BCUT2D eigenvalue weighted by molar-refractivity contribution is -0.646. The SMILES string of the molecule is CCCCCCCCS(=O)(=O)c1cccc[n+]1[O-]. The van der Waals surface area contributed by atoms with Crippen molar-refractivity contribution in [2.45, 2.75) is 50.5 Å². The first-order valence-electron chi connectivity index (χ1n) is 6.49. The summed E-state index contributed by atoms with van der Waals surface area (Å²) in [4.78, 5) is 0. The molecular weight excluding hydrogens is 250 g/mol. The molecule has 18 heavy (non-hydrogen) atoms. The molecule has 0 saturated heterocycles. The van der Waals surface area contributed by atoms with Gasteiger partial charge in [-0.3, -0.25) is 0 Å². The van der Waals surface area contributed by atoms with Crippen LogP contribution in [-0.4, -0.2) is 14.2 Å². The molecule has 0 bridgehead atoms. The van der Waals surface area contributed by atoms with E-state index in [0.29, 0.717) is 11.2 Å². The van der Waals surface area contributed by atoms with E-state index < -0.39 is 9.84 Å². The molecule has 1 heterocycles. The van der Waals surface area contributed by atoms with Crippen molar-refractivity contribution >= 4 is 9.84 Å². The first-order chi connectivity index (χ1) is 8.58. The molecule has 0 aliphatic carbocycles. The van der Waals surface area contributed by atoms with E-state index in [1.165, 1.54) is 31.2 Å². The van der Waals surface area contributed by atoms with Crippen LogP contribution in [0.2, 0.25) is 0 Å². The zero-order valence-electron chi connectivity index (χ0n) is 10.8. The Morgan fingerprint density at radius 1 is 1.11 bits per heavy atom. The second-order valence-corrected chi connectivity index (χ2v) is 6.51. The Labute approximate surface area is 109 Å². The van der Waals surface area contributed by atoms with Crippen LogP contribution in [0.1, 0.15) is 45.4 Å². The van der Waals surface area contributed by atoms with Crippen molar-refractivity contribution in [3.8, 4) is 0 Å². The van der Waals surface area contributed by atoms with Crippen molar-refractivity contribution in [3.63, 3.8) is 0 Å². The van der Waals surface area contributed by atoms with Gasteiger partial charge in [-0.15, -0.1) is 0 Å². The number of hydrogen-bond donors (Lipinski definition) is 0. The maximum absolute atomic E-state index is 11.9. The molecule has 0 atom stereocenters. The van der Waals surface area contributed by atoms with E-state index in [0.717, 1.165) is 19.3 Å². The van der Waals surface area contributed by atoms with Gasteiger partial charge in [0.1, 0.15) is 0 Å². The van der Waals surface area contributed by atoms with Crippen LogP contribution in [0.15, 0.2) is 29.4 Å². The third-order valence-electron chi connectivity index (χ3n) is 2.87. The van der Waals surface area contributed by atoms with Crippen molar-refractivity contribution in [2.24, 2.45) is 0 Å². The summed E-state index contributed by atoms with van der Waals surface area (Å²) in [6, 6.07) is 4.46. The molecule has 0 radical (unpaired) electrons. The van der Waals surface area contributed by atoms with Crippen LogP contribution >= 0.6 is 0 Å². The van der Waals surface area contributed by atoms with E-state index in [2.05, 4.69) is 6.92 Å². The van der Waals surface area contributed by atoms with E-state index in [-0.39, 0.29) is 10.8 Å². The van der Waals surface area contributed by atoms with Gasteiger partial charge in [-0.05, 0) is 12.5 Å². The van der Waals surface area contributed by atoms with Gasteiger partial charge in [0.2, 0.25) is 9.84 Å². The largest absolute Gasteiger partial charge is 0.618 e. The molecule has 1 aromatic rings. The second-order valence-electron chi connectivity index (χ2n) is 4.45. The van der Waals surface area contributed by atoms with Crippen LogP contribution in [0.5, 0.6) is 0 Å². The topological polar surface area (TPSA) is 61.1 Å². The molecule has 0 saturated carbocycles. The number of rotatable bonds is 8. The number of hydrogen-bond acceptors (Lipinski definition) is 3. The molecule has 0 spiro atoms. The Morgan fingerprint density at radius 3 is 2.44 bits per heavy atom. The van der Waals surface area contributed by atoms with Gasteiger partial charge in [-0.25, -0.2) is 8.42 Å². The molecular formula is C13H21NO3S. The van der Waals surface area contributed by atoms with Gasteiger partial charge in [0, 0.05) is 12.1 Å². The zero-order valence-corrected chi connectivity index (χ0v) is 11.7. The van der Waals surface area contributed by atoms with E-state index >= 15 is 0 Å². The summed E-state index contributed by atoms with van der Waals surface area (Å²) in [7, 11) is -3.43. The summed E-state index contributed by atoms with van der Waals surface area (Å²) in [6.45, 7) is 2.15. The van der Waals surface area contributed by atoms with Crippen LogP contribution in [0.25, 0.3) is 0 Å². The molecule has 102 valence electrons. The fourth-order valence-electron chi connectivity index (χ4n) is 1.83. The predicted molar refractivity (Wildman–Crippen MR) is 70.8 cm³/mol. The van der Waals surface area contributed by atoms with E-state index in [9.17, 15) is 13.6 Å². The average Bonchev–Trinajstić information content (AvgIpc) is 2.34.